The van der Waals surface area contributed by atoms with Crippen LogP contribution in [0, 0.1) is 0 Å². The Bertz CT molecular complexity index is 637. The second kappa shape index (κ2) is 8.42. The van der Waals surface area contributed by atoms with Crippen LogP contribution in [0.2, 0.25) is 0 Å². The fourth-order valence-electron chi connectivity index (χ4n) is 2.20. The fourth-order valence-corrected chi connectivity index (χ4v) is 2.20. The molecule has 1 aromatic carbocycles. The van der Waals surface area contributed by atoms with E-state index < -0.39 is 43.0 Å². The van der Waals surface area contributed by atoms with Crippen LogP contribution in [0.5, 0.6) is 0 Å². The molecule has 0 bridgehead atoms. The molecular weight excluding hydrogens is 334 g/mol. The van der Waals surface area contributed by atoms with Crippen molar-refractivity contribution in [2.75, 3.05) is 11.9 Å². The predicted molar refractivity (Wildman–Crippen MR) is 85.6 cm³/mol. The van der Waals surface area contributed by atoms with E-state index in [1.54, 1.807) is 30.3 Å². The van der Waals surface area contributed by atoms with Crippen molar-refractivity contribution in [1.82, 2.24) is 5.32 Å². The molecule has 2 amide bonds. The Morgan fingerprint density at radius 3 is 2.52 bits per heavy atom. The lowest BCUT2D eigenvalue weighted by Crippen LogP contribution is -2.62. The molecule has 5 N–H and O–H groups in total. The number of carbonyl (C=O) groups excluding carboxylic acids is 2. The van der Waals surface area contributed by atoms with E-state index in [0.717, 1.165) is 0 Å². The van der Waals surface area contributed by atoms with E-state index in [0.29, 0.717) is 5.69 Å². The van der Waals surface area contributed by atoms with Crippen molar-refractivity contribution in [3.63, 3.8) is 0 Å². The van der Waals surface area contributed by atoms with E-state index in [9.17, 15) is 24.9 Å². The zero-order valence-electron chi connectivity index (χ0n) is 13.3. The third kappa shape index (κ3) is 4.89. The van der Waals surface area contributed by atoms with Crippen LogP contribution >= 0.6 is 0 Å². The van der Waals surface area contributed by atoms with Gasteiger partial charge in [0.1, 0.15) is 18.2 Å². The molecule has 0 saturated carbocycles. The molecule has 25 heavy (non-hydrogen) atoms. The molecule has 0 aromatic heterocycles. The number of rotatable bonds is 4. The number of aliphatic hydroxyl groups excluding tert-OH is 3. The van der Waals surface area contributed by atoms with Crippen LogP contribution in [0.1, 0.15) is 6.92 Å². The molecule has 10 nitrogen and oxygen atoms in total. The maximum Gasteiger partial charge on any atom is 0.437 e. The standard InChI is InChI=1S/C15H19N3O7/c1-8(20)16-11-13(22)12(21)10(7-19)24-14(11)18-25-15(23)17-9-5-3-2-4-6-9/h2-6,10-13,19,21-22H,7H2,1H3,(H,16,20)(H,17,23)/b18-14+/t10-,11+,12-,13+/m0/s1. The number of ether oxygens (including phenoxy) is 1. The molecule has 1 aromatic rings. The van der Waals surface area contributed by atoms with E-state index in [1.807, 2.05) is 0 Å². The average Bonchev–Trinajstić information content (AvgIpc) is 2.59. The first-order valence-electron chi connectivity index (χ1n) is 7.44. The van der Waals surface area contributed by atoms with Crippen LogP contribution in [-0.2, 0) is 14.4 Å². The summed E-state index contributed by atoms with van der Waals surface area (Å²) in [6, 6.07) is 7.22. The first kappa shape index (κ1) is 18.6. The highest BCUT2D eigenvalue weighted by molar-refractivity contribution is 5.89. The molecule has 4 atom stereocenters. The van der Waals surface area contributed by atoms with Gasteiger partial charge < -0.3 is 25.4 Å². The third-order valence-electron chi connectivity index (χ3n) is 3.39. The molecule has 0 aliphatic carbocycles. The SMILES string of the molecule is CC(=O)N[C@H]1/C(=N\OC(=O)Nc2ccccc2)O[C@@H](CO)[C@H](O)[C@@H]1O. The number of oxime groups is 1. The summed E-state index contributed by atoms with van der Waals surface area (Å²) in [7, 11) is 0. The van der Waals surface area contributed by atoms with Gasteiger partial charge in [-0.15, -0.1) is 0 Å². The summed E-state index contributed by atoms with van der Waals surface area (Å²) in [6.45, 7) is 0.581. The summed E-state index contributed by atoms with van der Waals surface area (Å²) in [5.41, 5.74) is 0.472. The van der Waals surface area contributed by atoms with Crippen LogP contribution in [0.25, 0.3) is 0 Å². The summed E-state index contributed by atoms with van der Waals surface area (Å²) in [5, 5.41) is 37.3. The van der Waals surface area contributed by atoms with Gasteiger partial charge in [0.05, 0.1) is 6.61 Å². The second-order valence-corrected chi connectivity index (χ2v) is 5.30. The van der Waals surface area contributed by atoms with Gasteiger partial charge in [-0.1, -0.05) is 18.2 Å². The first-order chi connectivity index (χ1) is 11.9. The third-order valence-corrected chi connectivity index (χ3v) is 3.39. The predicted octanol–water partition coefficient (Wildman–Crippen LogP) is -0.834. The van der Waals surface area contributed by atoms with Crippen molar-refractivity contribution in [2.45, 2.75) is 31.3 Å². The number of hydrogen-bond donors (Lipinski definition) is 5. The van der Waals surface area contributed by atoms with Gasteiger partial charge in [0, 0.05) is 12.6 Å². The number of para-hydroxylation sites is 1. The van der Waals surface area contributed by atoms with Gasteiger partial charge in [0.25, 0.3) is 5.90 Å². The number of aliphatic hydroxyl groups is 3. The Hall–Kier alpha value is -2.69. The zero-order valence-corrected chi connectivity index (χ0v) is 13.3. The van der Waals surface area contributed by atoms with Crippen LogP contribution in [0.4, 0.5) is 10.5 Å². The minimum atomic E-state index is -1.51. The number of benzene rings is 1. The van der Waals surface area contributed by atoms with Crippen LogP contribution in [0.3, 0.4) is 0 Å². The second-order valence-electron chi connectivity index (χ2n) is 5.30. The van der Waals surface area contributed by atoms with Crippen LogP contribution in [0.15, 0.2) is 35.5 Å². The van der Waals surface area contributed by atoms with Gasteiger partial charge in [0.15, 0.2) is 6.10 Å². The number of anilines is 1. The highest BCUT2D eigenvalue weighted by atomic mass is 16.7. The van der Waals surface area contributed by atoms with E-state index in [2.05, 4.69) is 20.6 Å². The number of hydrogen-bond acceptors (Lipinski definition) is 8. The van der Waals surface area contributed by atoms with Crippen molar-refractivity contribution in [3.8, 4) is 0 Å². The topological polar surface area (TPSA) is 150 Å². The largest absolute Gasteiger partial charge is 0.468 e. The van der Waals surface area contributed by atoms with Crippen molar-refractivity contribution < 1.29 is 34.5 Å². The minimum absolute atomic E-state index is 0.352. The summed E-state index contributed by atoms with van der Waals surface area (Å²) >= 11 is 0. The fraction of sp³-hybridized carbons (Fsp3) is 0.400. The summed E-state index contributed by atoms with van der Waals surface area (Å²) < 4.78 is 5.20. The van der Waals surface area contributed by atoms with E-state index in [4.69, 9.17) is 4.74 Å². The van der Waals surface area contributed by atoms with E-state index in [-0.39, 0.29) is 5.90 Å². The maximum atomic E-state index is 11.7. The van der Waals surface area contributed by atoms with Crippen molar-refractivity contribution in [1.29, 1.82) is 0 Å². The molecule has 10 heteroatoms. The zero-order chi connectivity index (χ0) is 18.4. The van der Waals surface area contributed by atoms with Gasteiger partial charge in [-0.2, -0.15) is 0 Å². The molecule has 1 aliphatic rings. The van der Waals surface area contributed by atoms with Crippen LogP contribution < -0.4 is 10.6 Å². The number of carbonyl (C=O) groups is 2. The molecule has 136 valence electrons. The van der Waals surface area contributed by atoms with Crippen LogP contribution in [-0.4, -0.2) is 64.2 Å². The van der Waals surface area contributed by atoms with Gasteiger partial charge in [-0.3, -0.25) is 14.9 Å². The summed E-state index contributed by atoms with van der Waals surface area (Å²) in [5.74, 6) is -0.876. The highest BCUT2D eigenvalue weighted by Gasteiger charge is 2.44. The monoisotopic (exact) mass is 353 g/mol. The molecule has 0 spiro atoms. The number of nitrogens with one attached hydrogen (secondary N) is 2. The lowest BCUT2D eigenvalue weighted by atomic mass is 9.97. The quantitative estimate of drug-likeness (QED) is 0.350. The van der Waals surface area contributed by atoms with Gasteiger partial charge in [-0.25, -0.2) is 4.79 Å². The Kier molecular flexibility index (Phi) is 6.28. The smallest absolute Gasteiger partial charge is 0.437 e. The summed E-state index contributed by atoms with van der Waals surface area (Å²) in [4.78, 5) is 27.7. The van der Waals surface area contributed by atoms with Crippen molar-refractivity contribution >= 4 is 23.6 Å². The Balaban J connectivity index is 2.09. The van der Waals surface area contributed by atoms with Gasteiger partial charge >= 0.3 is 6.09 Å². The Morgan fingerprint density at radius 2 is 1.92 bits per heavy atom. The van der Waals surface area contributed by atoms with E-state index >= 15 is 0 Å². The van der Waals surface area contributed by atoms with Crippen molar-refractivity contribution in [3.05, 3.63) is 30.3 Å². The highest BCUT2D eigenvalue weighted by Crippen LogP contribution is 2.18. The number of nitrogens with zero attached hydrogens (tertiary/aromatic N) is 1. The Morgan fingerprint density at radius 1 is 1.24 bits per heavy atom. The van der Waals surface area contributed by atoms with Crippen molar-refractivity contribution in [2.24, 2.45) is 5.16 Å². The molecule has 2 rings (SSSR count). The normalized spacial score (nSPS) is 27.3. The first-order valence-corrected chi connectivity index (χ1v) is 7.44. The molecular formula is C15H19N3O7. The molecule has 1 heterocycles. The van der Waals surface area contributed by atoms with E-state index in [1.165, 1.54) is 6.92 Å². The van der Waals surface area contributed by atoms with Gasteiger partial charge in [-0.05, 0) is 17.3 Å². The summed E-state index contributed by atoms with van der Waals surface area (Å²) in [6.07, 6.45) is -5.07. The Labute approximate surface area is 143 Å². The molecule has 1 saturated heterocycles. The molecule has 1 aliphatic heterocycles. The maximum absolute atomic E-state index is 11.7. The minimum Gasteiger partial charge on any atom is -0.468 e. The lowest BCUT2D eigenvalue weighted by Gasteiger charge is -2.37. The van der Waals surface area contributed by atoms with Gasteiger partial charge in [0.2, 0.25) is 5.91 Å². The molecule has 0 unspecified atom stereocenters. The lowest BCUT2D eigenvalue weighted by molar-refractivity contribution is -0.126. The average molecular weight is 353 g/mol. The number of amides is 2. The molecule has 1 fully saturated rings. The molecule has 0 radical (unpaired) electrons.